The summed E-state index contributed by atoms with van der Waals surface area (Å²) in [4.78, 5) is 46.8. The number of hydroxylamine groups is 1. The van der Waals surface area contributed by atoms with Gasteiger partial charge in [-0.2, -0.15) is 10.1 Å². The van der Waals surface area contributed by atoms with Crippen LogP contribution >= 0.6 is 0 Å². The number of aliphatic imine (C=N–C) groups is 1. The summed E-state index contributed by atoms with van der Waals surface area (Å²) in [6, 6.07) is 9.33. The molecule has 1 unspecified atom stereocenters. The van der Waals surface area contributed by atoms with Crippen LogP contribution < -0.4 is 5.48 Å². The number of morpholine rings is 1. The van der Waals surface area contributed by atoms with Crippen LogP contribution in [0, 0.1) is 0 Å². The normalized spacial score (nSPS) is 22.4. The van der Waals surface area contributed by atoms with Crippen molar-refractivity contribution in [2.45, 2.75) is 24.9 Å². The van der Waals surface area contributed by atoms with E-state index in [0.717, 1.165) is 56.0 Å². The third kappa shape index (κ3) is 5.48. The molecular weight excluding hydrogens is 526 g/mol. The highest BCUT2D eigenvalue weighted by Crippen LogP contribution is 2.42. The molecule has 3 fully saturated rings. The summed E-state index contributed by atoms with van der Waals surface area (Å²) in [5.74, 6) is 1.30. The maximum absolute atomic E-state index is 13.5. The number of carbonyl (C=O) groups excluding carboxylic acids is 2. The van der Waals surface area contributed by atoms with Crippen molar-refractivity contribution in [2.24, 2.45) is 4.99 Å². The number of hydrogen-bond donors (Lipinski definition) is 1. The van der Waals surface area contributed by atoms with Crippen LogP contribution in [0.3, 0.4) is 0 Å². The molecule has 13 heteroatoms. The molecule has 1 aromatic heterocycles. The zero-order valence-corrected chi connectivity index (χ0v) is 23.8. The monoisotopic (exact) mass is 565 g/mol. The van der Waals surface area contributed by atoms with Crippen molar-refractivity contribution in [1.82, 2.24) is 39.8 Å². The molecule has 3 saturated heterocycles. The summed E-state index contributed by atoms with van der Waals surface area (Å²) in [5, 5.41) is 4.84. The summed E-state index contributed by atoms with van der Waals surface area (Å²) in [6.45, 7) is 7.07. The molecule has 5 heterocycles. The minimum absolute atomic E-state index is 0.0979. The highest BCUT2D eigenvalue weighted by Gasteiger charge is 2.41. The van der Waals surface area contributed by atoms with Gasteiger partial charge in [0.15, 0.2) is 5.82 Å². The first-order valence-corrected chi connectivity index (χ1v) is 14.4. The number of aromatic nitrogens is 2. The van der Waals surface area contributed by atoms with Gasteiger partial charge in [0.1, 0.15) is 0 Å². The molecule has 41 heavy (non-hydrogen) atoms. The van der Waals surface area contributed by atoms with E-state index in [4.69, 9.17) is 19.7 Å². The lowest BCUT2D eigenvalue weighted by molar-refractivity contribution is 0.0580. The van der Waals surface area contributed by atoms with Crippen LogP contribution in [0.4, 0.5) is 15.4 Å². The summed E-state index contributed by atoms with van der Waals surface area (Å²) in [6.07, 6.45) is 3.42. The van der Waals surface area contributed by atoms with E-state index in [1.54, 1.807) is 4.90 Å². The number of carbonyl (C=O) groups is 2. The van der Waals surface area contributed by atoms with Gasteiger partial charge in [-0.3, -0.25) is 9.74 Å². The highest BCUT2D eigenvalue weighted by atomic mass is 16.6. The van der Waals surface area contributed by atoms with Gasteiger partial charge < -0.3 is 24.3 Å². The molecule has 13 nitrogen and oxygen atoms in total. The number of hydrogen-bond acceptors (Lipinski definition) is 8. The Balaban J connectivity index is 1.30. The number of likely N-dealkylation sites (N-methyl/N-ethyl adjacent to an activating group) is 1. The molecule has 0 radical (unpaired) electrons. The SMILES string of the molecule is CONC(=O)N1C(N2CCOCC2)=Nc2c(cnn2C2CCN(C(=O)N3CCN(C)CC3)CC2)C1c1ccccc1. The lowest BCUT2D eigenvalue weighted by Crippen LogP contribution is -2.55. The van der Waals surface area contributed by atoms with Crippen molar-refractivity contribution in [1.29, 1.82) is 0 Å². The van der Waals surface area contributed by atoms with Gasteiger partial charge >= 0.3 is 12.1 Å². The first-order valence-electron chi connectivity index (χ1n) is 14.4. The summed E-state index contributed by atoms with van der Waals surface area (Å²) in [7, 11) is 3.52. The second-order valence-electron chi connectivity index (χ2n) is 11.0. The van der Waals surface area contributed by atoms with Crippen LogP contribution in [0.15, 0.2) is 41.5 Å². The van der Waals surface area contributed by atoms with Crippen LogP contribution in [0.2, 0.25) is 0 Å². The number of guanidine groups is 1. The molecule has 4 aliphatic heterocycles. The molecule has 1 N–H and O–H groups in total. The van der Waals surface area contributed by atoms with Crippen LogP contribution in [0.5, 0.6) is 0 Å². The van der Waals surface area contributed by atoms with E-state index in [1.165, 1.54) is 7.11 Å². The smallest absolute Gasteiger partial charge is 0.348 e. The number of ether oxygens (including phenoxy) is 1. The van der Waals surface area contributed by atoms with Crippen molar-refractivity contribution in [2.75, 3.05) is 79.7 Å². The Morgan fingerprint density at radius 2 is 1.63 bits per heavy atom. The van der Waals surface area contributed by atoms with E-state index in [0.29, 0.717) is 45.4 Å². The molecule has 4 aliphatic rings. The van der Waals surface area contributed by atoms with Gasteiger partial charge in [0.25, 0.3) is 0 Å². The Morgan fingerprint density at radius 1 is 0.951 bits per heavy atom. The number of likely N-dealkylation sites (tertiary alicyclic amines) is 1. The molecule has 2 aromatic rings. The van der Waals surface area contributed by atoms with Crippen LogP contribution in [0.1, 0.15) is 36.1 Å². The first kappa shape index (κ1) is 27.5. The molecule has 0 spiro atoms. The number of piperazine rings is 1. The van der Waals surface area contributed by atoms with E-state index < -0.39 is 12.1 Å². The zero-order valence-electron chi connectivity index (χ0n) is 23.8. The minimum atomic E-state index is -0.440. The summed E-state index contributed by atoms with van der Waals surface area (Å²) < 4.78 is 7.61. The fourth-order valence-corrected chi connectivity index (χ4v) is 6.14. The predicted octanol–water partition coefficient (Wildman–Crippen LogP) is 1.88. The second kappa shape index (κ2) is 12.0. The largest absolute Gasteiger partial charge is 0.378 e. The number of nitrogens with zero attached hydrogens (tertiary/aromatic N) is 8. The Kier molecular flexibility index (Phi) is 8.08. The van der Waals surface area contributed by atoms with Gasteiger partial charge in [-0.05, 0) is 25.5 Å². The van der Waals surface area contributed by atoms with E-state index in [9.17, 15) is 9.59 Å². The first-order chi connectivity index (χ1) is 20.0. The molecule has 1 aromatic carbocycles. The number of piperidine rings is 1. The van der Waals surface area contributed by atoms with E-state index in [1.807, 2.05) is 51.0 Å². The average molecular weight is 566 g/mol. The van der Waals surface area contributed by atoms with Gasteiger partial charge in [-0.15, -0.1) is 0 Å². The van der Waals surface area contributed by atoms with Gasteiger partial charge in [-0.1, -0.05) is 30.3 Å². The molecular formula is C28H39N9O4. The highest BCUT2D eigenvalue weighted by molar-refractivity contribution is 5.99. The minimum Gasteiger partial charge on any atom is -0.378 e. The summed E-state index contributed by atoms with van der Waals surface area (Å²) in [5.41, 5.74) is 4.32. The van der Waals surface area contributed by atoms with Crippen LogP contribution in [0.25, 0.3) is 0 Å². The Labute approximate surface area is 240 Å². The van der Waals surface area contributed by atoms with Crippen LogP contribution in [-0.2, 0) is 9.57 Å². The fourth-order valence-electron chi connectivity index (χ4n) is 6.14. The molecule has 0 bridgehead atoms. The number of fused-ring (bicyclic) bond motifs is 1. The number of amides is 4. The molecule has 0 aliphatic carbocycles. The van der Waals surface area contributed by atoms with Gasteiger partial charge in [0.2, 0.25) is 5.96 Å². The molecule has 0 saturated carbocycles. The Hall–Kier alpha value is -3.68. The van der Waals surface area contributed by atoms with Gasteiger partial charge in [-0.25, -0.2) is 19.8 Å². The van der Waals surface area contributed by atoms with E-state index >= 15 is 0 Å². The van der Waals surface area contributed by atoms with Crippen molar-refractivity contribution >= 4 is 23.8 Å². The average Bonchev–Trinajstić information content (AvgIpc) is 3.45. The van der Waals surface area contributed by atoms with E-state index in [2.05, 4.69) is 22.3 Å². The summed E-state index contributed by atoms with van der Waals surface area (Å²) >= 11 is 0. The fraction of sp³-hybridized carbons (Fsp3) is 0.571. The molecule has 220 valence electrons. The zero-order chi connectivity index (χ0) is 28.3. The second-order valence-corrected chi connectivity index (χ2v) is 11.0. The lowest BCUT2D eigenvalue weighted by Gasteiger charge is -2.41. The lowest BCUT2D eigenvalue weighted by atomic mass is 9.97. The van der Waals surface area contributed by atoms with Crippen LogP contribution in [-0.4, -0.2) is 132 Å². The Morgan fingerprint density at radius 3 is 2.32 bits per heavy atom. The number of urea groups is 2. The standard InChI is InChI=1S/C28H39N9O4/c1-32-12-14-35(15-13-32)28(39)34-10-8-22(9-11-34)37-25-23(20-29-37)24(21-6-4-3-5-7-21)36(27(38)31-40-2)26(30-25)33-16-18-41-19-17-33/h3-7,20,22,24H,8-19H2,1-2H3,(H,31,38). The molecule has 1 atom stereocenters. The third-order valence-corrected chi connectivity index (χ3v) is 8.44. The predicted molar refractivity (Wildman–Crippen MR) is 152 cm³/mol. The quantitative estimate of drug-likeness (QED) is 0.566. The van der Waals surface area contributed by atoms with Crippen molar-refractivity contribution in [3.63, 3.8) is 0 Å². The Bertz CT molecular complexity index is 1250. The molecule has 4 amide bonds. The van der Waals surface area contributed by atoms with Crippen molar-refractivity contribution in [3.8, 4) is 0 Å². The molecule has 6 rings (SSSR count). The maximum atomic E-state index is 13.5. The van der Waals surface area contributed by atoms with E-state index in [-0.39, 0.29) is 12.1 Å². The van der Waals surface area contributed by atoms with Gasteiger partial charge in [0.05, 0.1) is 38.6 Å². The number of rotatable bonds is 3. The number of nitrogens with one attached hydrogen (secondary N) is 1. The van der Waals surface area contributed by atoms with Gasteiger partial charge in [0, 0.05) is 57.9 Å². The number of benzene rings is 1. The maximum Gasteiger partial charge on any atom is 0.348 e. The van der Waals surface area contributed by atoms with Crippen molar-refractivity contribution in [3.05, 3.63) is 47.7 Å². The third-order valence-electron chi connectivity index (χ3n) is 8.44. The topological polar surface area (TPSA) is 111 Å². The van der Waals surface area contributed by atoms with Crippen molar-refractivity contribution < 1.29 is 19.2 Å².